The highest BCUT2D eigenvalue weighted by Gasteiger charge is 2.25. The molecule has 2 fully saturated rings. The number of anilines is 2. The van der Waals surface area contributed by atoms with Crippen LogP contribution in [0.1, 0.15) is 13.3 Å². The molecule has 0 aliphatic carbocycles. The maximum atomic E-state index is 13.3. The molecule has 1 atom stereocenters. The predicted molar refractivity (Wildman–Crippen MR) is 174 cm³/mol. The largest absolute Gasteiger partial charge is 0.440 e. The third-order valence-electron chi connectivity index (χ3n) is 8.76. The highest BCUT2D eigenvalue weighted by Crippen LogP contribution is 2.43. The number of likely N-dealkylation sites (N-methyl/N-ethyl adjacent to an activating group) is 1. The fraction of sp³-hybridized carbons (Fsp3) is 0.353. The Bertz CT molecular complexity index is 1880. The molecule has 0 radical (unpaired) electrons. The highest BCUT2D eigenvalue weighted by atomic mass is 32.1. The van der Waals surface area contributed by atoms with Crippen LogP contribution < -0.4 is 15.2 Å². The van der Waals surface area contributed by atoms with Gasteiger partial charge in [-0.25, -0.2) is 0 Å². The summed E-state index contributed by atoms with van der Waals surface area (Å²) in [4.78, 5) is 32.6. The number of carbonyl (C=O) groups is 1. The molecule has 7 rings (SSSR count). The van der Waals surface area contributed by atoms with E-state index in [1.54, 1.807) is 22.3 Å². The Morgan fingerprint density at radius 1 is 0.930 bits per heavy atom. The number of para-hydroxylation sites is 1. The van der Waals surface area contributed by atoms with Gasteiger partial charge >= 0.3 is 0 Å². The molecule has 2 aliphatic heterocycles. The normalized spacial score (nSPS) is 18.1. The number of thiophene rings is 1. The van der Waals surface area contributed by atoms with Gasteiger partial charge in [-0.15, -0.1) is 11.3 Å². The van der Waals surface area contributed by atoms with Crippen LogP contribution in [0, 0.1) is 0 Å². The number of ether oxygens (including phenoxy) is 2. The zero-order chi connectivity index (χ0) is 29.5. The average molecular weight is 598 g/mol. The Hall–Kier alpha value is -3.76. The Morgan fingerprint density at radius 2 is 1.70 bits per heavy atom. The molecule has 1 amide bonds. The summed E-state index contributed by atoms with van der Waals surface area (Å²) in [5.74, 6) is 0.651. The van der Waals surface area contributed by atoms with Gasteiger partial charge in [-0.05, 0) is 30.7 Å². The quantitative estimate of drug-likeness (QED) is 0.247. The maximum Gasteiger partial charge on any atom is 0.240 e. The van der Waals surface area contributed by atoms with Crippen LogP contribution in [0.3, 0.4) is 0 Å². The number of morpholine rings is 2. The molecule has 0 N–H and O–H groups in total. The van der Waals surface area contributed by atoms with Crippen molar-refractivity contribution in [1.29, 1.82) is 0 Å². The van der Waals surface area contributed by atoms with Gasteiger partial charge in [-0.2, -0.15) is 0 Å². The van der Waals surface area contributed by atoms with Crippen molar-refractivity contribution in [1.82, 2.24) is 4.90 Å². The number of benzene rings is 3. The van der Waals surface area contributed by atoms with Crippen molar-refractivity contribution in [3.63, 3.8) is 0 Å². The molecular formula is C34H35N3O5S. The van der Waals surface area contributed by atoms with E-state index in [1.165, 1.54) is 0 Å². The van der Waals surface area contributed by atoms with Crippen LogP contribution in [-0.4, -0.2) is 76.5 Å². The van der Waals surface area contributed by atoms with Gasteiger partial charge in [0.1, 0.15) is 5.58 Å². The molecular weight excluding hydrogens is 562 g/mol. The lowest BCUT2D eigenvalue weighted by atomic mass is 10.0. The Kier molecular flexibility index (Phi) is 7.65. The molecule has 4 heterocycles. The lowest BCUT2D eigenvalue weighted by Crippen LogP contribution is -2.49. The van der Waals surface area contributed by atoms with E-state index in [9.17, 15) is 9.59 Å². The highest BCUT2D eigenvalue weighted by molar-refractivity contribution is 7.26. The molecule has 0 bridgehead atoms. The minimum absolute atomic E-state index is 0.0483. The molecule has 0 spiro atoms. The molecule has 43 heavy (non-hydrogen) atoms. The number of carbonyl (C=O) groups excluding carboxylic acids is 1. The summed E-state index contributed by atoms with van der Waals surface area (Å²) in [7, 11) is 1.86. The Morgan fingerprint density at radius 3 is 2.51 bits per heavy atom. The van der Waals surface area contributed by atoms with Crippen molar-refractivity contribution in [2.45, 2.75) is 19.4 Å². The standard InChI is InChI=1S/C34H35N3O5S/c1-3-22-21-41-17-14-37(22)20-31(39)35(2)23-10-11-30-28(18-23)26-8-5-7-25(34(26)43-30)24-6-4-9-27-29(38)19-32(42-33(24)27)36-12-15-40-16-13-36/h4-11,18-19,22H,3,12-17,20-21H2,1-2H3/t22-/m0/s1. The van der Waals surface area contributed by atoms with Crippen molar-refractivity contribution in [2.24, 2.45) is 0 Å². The smallest absolute Gasteiger partial charge is 0.240 e. The fourth-order valence-electron chi connectivity index (χ4n) is 6.22. The van der Waals surface area contributed by atoms with Gasteiger partial charge in [0, 0.05) is 75.8 Å². The van der Waals surface area contributed by atoms with Gasteiger partial charge < -0.3 is 23.7 Å². The average Bonchev–Trinajstić information content (AvgIpc) is 3.43. The van der Waals surface area contributed by atoms with E-state index in [2.05, 4.69) is 47.1 Å². The number of fused-ring (bicyclic) bond motifs is 4. The van der Waals surface area contributed by atoms with E-state index < -0.39 is 0 Å². The van der Waals surface area contributed by atoms with Crippen molar-refractivity contribution in [3.8, 4) is 11.1 Å². The first-order valence-corrected chi connectivity index (χ1v) is 15.8. The summed E-state index contributed by atoms with van der Waals surface area (Å²) in [6.07, 6.45) is 0.959. The zero-order valence-corrected chi connectivity index (χ0v) is 25.3. The first-order valence-electron chi connectivity index (χ1n) is 15.0. The number of amides is 1. The third-order valence-corrected chi connectivity index (χ3v) is 9.98. The van der Waals surface area contributed by atoms with Gasteiger partial charge in [0.05, 0.1) is 38.4 Å². The molecule has 8 nitrogen and oxygen atoms in total. The topological polar surface area (TPSA) is 75.5 Å². The first kappa shape index (κ1) is 28.0. The summed E-state index contributed by atoms with van der Waals surface area (Å²) in [6.45, 7) is 7.23. The van der Waals surface area contributed by atoms with Crippen LogP contribution in [0.5, 0.6) is 0 Å². The van der Waals surface area contributed by atoms with Gasteiger partial charge in [0.15, 0.2) is 11.3 Å². The fourth-order valence-corrected chi connectivity index (χ4v) is 7.43. The van der Waals surface area contributed by atoms with Crippen molar-refractivity contribution < 1.29 is 18.7 Å². The molecule has 222 valence electrons. The van der Waals surface area contributed by atoms with Gasteiger partial charge in [-0.3, -0.25) is 14.5 Å². The lowest BCUT2D eigenvalue weighted by molar-refractivity contribution is -0.121. The number of rotatable bonds is 6. The maximum absolute atomic E-state index is 13.3. The summed E-state index contributed by atoms with van der Waals surface area (Å²) < 4.78 is 19.8. The molecule has 0 unspecified atom stereocenters. The van der Waals surface area contributed by atoms with E-state index in [0.717, 1.165) is 50.0 Å². The van der Waals surface area contributed by atoms with E-state index >= 15 is 0 Å². The van der Waals surface area contributed by atoms with Gasteiger partial charge in [0.2, 0.25) is 5.91 Å². The van der Waals surface area contributed by atoms with Crippen molar-refractivity contribution >= 4 is 60.0 Å². The minimum atomic E-state index is -0.0483. The molecule has 0 saturated carbocycles. The second-order valence-corrected chi connectivity index (χ2v) is 12.3. The summed E-state index contributed by atoms with van der Waals surface area (Å²) >= 11 is 1.72. The van der Waals surface area contributed by atoms with Crippen LogP contribution in [0.4, 0.5) is 11.6 Å². The van der Waals surface area contributed by atoms with E-state index in [1.807, 2.05) is 31.3 Å². The molecule has 2 saturated heterocycles. The monoisotopic (exact) mass is 597 g/mol. The Balaban J connectivity index is 1.26. The van der Waals surface area contributed by atoms with Crippen LogP contribution in [-0.2, 0) is 14.3 Å². The van der Waals surface area contributed by atoms with Gasteiger partial charge in [0.25, 0.3) is 0 Å². The van der Waals surface area contributed by atoms with Crippen LogP contribution in [0.25, 0.3) is 42.3 Å². The third kappa shape index (κ3) is 5.20. The van der Waals surface area contributed by atoms with Crippen molar-refractivity contribution in [3.05, 3.63) is 70.9 Å². The van der Waals surface area contributed by atoms with Crippen molar-refractivity contribution in [2.75, 3.05) is 69.5 Å². The second kappa shape index (κ2) is 11.7. The molecule has 3 aromatic carbocycles. The van der Waals surface area contributed by atoms with Crippen LogP contribution in [0.15, 0.2) is 69.9 Å². The molecule has 2 aliphatic rings. The minimum Gasteiger partial charge on any atom is -0.440 e. The molecule has 9 heteroatoms. The molecule has 2 aromatic heterocycles. The number of hydrogen-bond donors (Lipinski definition) is 0. The van der Waals surface area contributed by atoms with E-state index in [4.69, 9.17) is 13.9 Å². The number of nitrogens with zero attached hydrogens (tertiary/aromatic N) is 3. The molecule has 5 aromatic rings. The summed E-state index contributed by atoms with van der Waals surface area (Å²) in [5.41, 5.74) is 3.34. The second-order valence-electron chi connectivity index (χ2n) is 11.3. The van der Waals surface area contributed by atoms with Crippen LogP contribution >= 0.6 is 11.3 Å². The van der Waals surface area contributed by atoms with Crippen LogP contribution in [0.2, 0.25) is 0 Å². The lowest BCUT2D eigenvalue weighted by Gasteiger charge is -2.35. The predicted octanol–water partition coefficient (Wildman–Crippen LogP) is 5.74. The Labute approximate surface area is 254 Å². The number of hydrogen-bond acceptors (Lipinski definition) is 8. The van der Waals surface area contributed by atoms with Gasteiger partial charge in [-0.1, -0.05) is 37.3 Å². The summed E-state index contributed by atoms with van der Waals surface area (Å²) in [5, 5.41) is 2.79. The van der Waals surface area contributed by atoms with E-state index in [0.29, 0.717) is 62.9 Å². The first-order chi connectivity index (χ1) is 21.0. The van der Waals surface area contributed by atoms with E-state index in [-0.39, 0.29) is 17.4 Å². The zero-order valence-electron chi connectivity index (χ0n) is 24.5. The SMILES string of the molecule is CC[C@H]1COCCN1CC(=O)N(C)c1ccc2sc3c(-c4cccc5c(=O)cc(N6CCOCC6)oc45)cccc3c2c1. The summed E-state index contributed by atoms with van der Waals surface area (Å²) in [6, 6.07) is 20.2.